The van der Waals surface area contributed by atoms with Gasteiger partial charge in [0, 0.05) is 5.02 Å². The van der Waals surface area contributed by atoms with Gasteiger partial charge >= 0.3 is 6.09 Å². The first-order valence-corrected chi connectivity index (χ1v) is 8.31. The number of amides is 1. The van der Waals surface area contributed by atoms with Gasteiger partial charge in [-0.05, 0) is 43.3 Å². The highest BCUT2D eigenvalue weighted by atomic mass is 35.5. The van der Waals surface area contributed by atoms with E-state index in [4.69, 9.17) is 16.3 Å². The van der Waals surface area contributed by atoms with Crippen molar-refractivity contribution in [3.8, 4) is 0 Å². The highest BCUT2D eigenvalue weighted by molar-refractivity contribution is 7.93. The molecule has 0 saturated carbocycles. The average Bonchev–Trinajstić information content (AvgIpc) is 2.49. The summed E-state index contributed by atoms with van der Waals surface area (Å²) in [4.78, 5) is 12.1. The van der Waals surface area contributed by atoms with Crippen LogP contribution in [0.4, 0.5) is 10.5 Å². The van der Waals surface area contributed by atoms with Crippen LogP contribution in [0.5, 0.6) is 0 Å². The van der Waals surface area contributed by atoms with Crippen LogP contribution >= 0.6 is 11.6 Å². The molecule has 0 saturated heterocycles. The number of nitrogens with zero attached hydrogens (tertiary/aromatic N) is 1. The smallest absolute Gasteiger partial charge is 0.428 e. The molecule has 0 unspecified atom stereocenters. The highest BCUT2D eigenvalue weighted by Crippen LogP contribution is 2.25. The first kappa shape index (κ1) is 16.3. The summed E-state index contributed by atoms with van der Waals surface area (Å²) in [5.41, 5.74) is 0.205. The molecule has 0 aliphatic rings. The second-order valence-corrected chi connectivity index (χ2v) is 6.48. The van der Waals surface area contributed by atoms with Crippen LogP contribution in [0.3, 0.4) is 0 Å². The topological polar surface area (TPSA) is 63.7 Å². The summed E-state index contributed by atoms with van der Waals surface area (Å²) in [6.45, 7) is 1.67. The predicted molar refractivity (Wildman–Crippen MR) is 84.6 cm³/mol. The van der Waals surface area contributed by atoms with Crippen LogP contribution in [-0.2, 0) is 14.8 Å². The number of hydrogen-bond acceptors (Lipinski definition) is 4. The van der Waals surface area contributed by atoms with Crippen molar-refractivity contribution >= 4 is 33.4 Å². The molecule has 0 N–H and O–H groups in total. The zero-order valence-electron chi connectivity index (χ0n) is 11.8. The van der Waals surface area contributed by atoms with Gasteiger partial charge in [0.1, 0.15) is 0 Å². The van der Waals surface area contributed by atoms with Gasteiger partial charge < -0.3 is 4.74 Å². The number of halogens is 1. The van der Waals surface area contributed by atoms with Gasteiger partial charge in [0.05, 0.1) is 17.2 Å². The Kier molecular flexibility index (Phi) is 5.05. The molecular formula is C15H14ClNO4S. The normalized spacial score (nSPS) is 11.0. The third-order valence-electron chi connectivity index (χ3n) is 2.78. The van der Waals surface area contributed by atoms with Gasteiger partial charge in [0.15, 0.2) is 0 Å². The summed E-state index contributed by atoms with van der Waals surface area (Å²) < 4.78 is 31.0. The van der Waals surface area contributed by atoms with Gasteiger partial charge in [0.25, 0.3) is 10.0 Å². The Hall–Kier alpha value is -2.05. The van der Waals surface area contributed by atoms with Crippen LogP contribution in [-0.4, -0.2) is 21.1 Å². The number of hydrogen-bond donors (Lipinski definition) is 0. The van der Waals surface area contributed by atoms with E-state index in [0.29, 0.717) is 9.33 Å². The summed E-state index contributed by atoms with van der Waals surface area (Å²) in [6, 6.07) is 13.6. The van der Waals surface area contributed by atoms with E-state index in [1.807, 2.05) is 0 Å². The van der Waals surface area contributed by atoms with E-state index >= 15 is 0 Å². The van der Waals surface area contributed by atoms with E-state index in [2.05, 4.69) is 0 Å². The second-order valence-electron chi connectivity index (χ2n) is 4.26. The molecule has 0 aromatic heterocycles. The number of anilines is 1. The van der Waals surface area contributed by atoms with Crippen molar-refractivity contribution in [2.75, 3.05) is 10.9 Å². The van der Waals surface area contributed by atoms with Crippen molar-refractivity contribution in [1.82, 2.24) is 0 Å². The molecule has 2 rings (SSSR count). The van der Waals surface area contributed by atoms with Crippen molar-refractivity contribution in [2.24, 2.45) is 0 Å². The maximum absolute atomic E-state index is 12.7. The number of rotatable bonds is 4. The Labute approximate surface area is 134 Å². The summed E-state index contributed by atoms with van der Waals surface area (Å²) in [5.74, 6) is 0. The van der Waals surface area contributed by atoms with E-state index < -0.39 is 16.1 Å². The highest BCUT2D eigenvalue weighted by Gasteiger charge is 2.32. The molecule has 0 aliphatic heterocycles. The fourth-order valence-electron chi connectivity index (χ4n) is 1.80. The Morgan fingerprint density at radius 3 is 2.23 bits per heavy atom. The molecule has 0 atom stereocenters. The Balaban J connectivity index is 2.53. The van der Waals surface area contributed by atoms with E-state index in [9.17, 15) is 13.2 Å². The van der Waals surface area contributed by atoms with Gasteiger partial charge in [-0.15, -0.1) is 0 Å². The van der Waals surface area contributed by atoms with Crippen LogP contribution < -0.4 is 4.31 Å². The molecule has 7 heteroatoms. The second kappa shape index (κ2) is 6.81. The number of para-hydroxylation sites is 1. The number of carbonyl (C=O) groups is 1. The third kappa shape index (κ3) is 3.40. The first-order valence-electron chi connectivity index (χ1n) is 6.49. The van der Waals surface area contributed by atoms with Gasteiger partial charge in [-0.1, -0.05) is 29.8 Å². The van der Waals surface area contributed by atoms with Crippen LogP contribution in [0.1, 0.15) is 6.92 Å². The van der Waals surface area contributed by atoms with Crippen molar-refractivity contribution < 1.29 is 17.9 Å². The molecule has 2 aromatic carbocycles. The summed E-state index contributed by atoms with van der Waals surface area (Å²) >= 11 is 5.77. The lowest BCUT2D eigenvalue weighted by molar-refractivity contribution is 0.164. The average molecular weight is 340 g/mol. The maximum Gasteiger partial charge on any atom is 0.428 e. The van der Waals surface area contributed by atoms with Crippen LogP contribution in [0.2, 0.25) is 5.02 Å². The molecule has 5 nitrogen and oxygen atoms in total. The van der Waals surface area contributed by atoms with Crippen molar-refractivity contribution in [3.63, 3.8) is 0 Å². The number of sulfonamides is 1. The number of ether oxygens (including phenoxy) is 1. The maximum atomic E-state index is 12.7. The van der Waals surface area contributed by atoms with Crippen molar-refractivity contribution in [1.29, 1.82) is 0 Å². The molecule has 22 heavy (non-hydrogen) atoms. The lowest BCUT2D eigenvalue weighted by atomic mass is 10.3. The lowest BCUT2D eigenvalue weighted by Gasteiger charge is -2.21. The SMILES string of the molecule is CCOC(=O)N(c1ccccc1)S(=O)(=O)c1ccc(Cl)cc1. The lowest BCUT2D eigenvalue weighted by Crippen LogP contribution is -2.37. The minimum absolute atomic E-state index is 0.0474. The fraction of sp³-hybridized carbons (Fsp3) is 0.133. The molecule has 0 fully saturated rings. The molecule has 116 valence electrons. The molecule has 0 radical (unpaired) electrons. The van der Waals surface area contributed by atoms with E-state index in [-0.39, 0.29) is 17.2 Å². The third-order valence-corrected chi connectivity index (χ3v) is 4.74. The molecule has 0 bridgehead atoms. The molecule has 0 spiro atoms. The number of carbonyl (C=O) groups excluding carboxylic acids is 1. The molecule has 1 amide bonds. The van der Waals surface area contributed by atoms with Gasteiger partial charge in [-0.3, -0.25) is 0 Å². The largest absolute Gasteiger partial charge is 0.449 e. The Morgan fingerprint density at radius 1 is 1.09 bits per heavy atom. The molecular weight excluding hydrogens is 326 g/mol. The molecule has 0 heterocycles. The summed E-state index contributed by atoms with van der Waals surface area (Å²) in [7, 11) is -4.09. The van der Waals surface area contributed by atoms with Crippen LogP contribution in [0.25, 0.3) is 0 Å². The summed E-state index contributed by atoms with van der Waals surface area (Å²) in [6.07, 6.45) is -0.955. The van der Waals surface area contributed by atoms with Gasteiger partial charge in [-0.25, -0.2) is 13.2 Å². The van der Waals surface area contributed by atoms with Crippen molar-refractivity contribution in [2.45, 2.75) is 11.8 Å². The standard InChI is InChI=1S/C15H14ClNO4S/c1-2-21-15(18)17(13-6-4-3-5-7-13)22(19,20)14-10-8-12(16)9-11-14/h3-11H,2H2,1H3. The minimum Gasteiger partial charge on any atom is -0.449 e. The Bertz CT molecular complexity index is 745. The quantitative estimate of drug-likeness (QED) is 0.852. The van der Waals surface area contributed by atoms with Gasteiger partial charge in [-0.2, -0.15) is 4.31 Å². The fourth-order valence-corrected chi connectivity index (χ4v) is 3.26. The molecule has 2 aromatic rings. The van der Waals surface area contributed by atoms with E-state index in [1.54, 1.807) is 25.1 Å². The van der Waals surface area contributed by atoms with Gasteiger partial charge in [0.2, 0.25) is 0 Å². The van der Waals surface area contributed by atoms with Crippen LogP contribution in [0.15, 0.2) is 59.5 Å². The minimum atomic E-state index is -4.09. The van der Waals surface area contributed by atoms with E-state index in [1.165, 1.54) is 36.4 Å². The van der Waals surface area contributed by atoms with Crippen molar-refractivity contribution in [3.05, 3.63) is 59.6 Å². The number of benzene rings is 2. The Morgan fingerprint density at radius 2 is 1.68 bits per heavy atom. The zero-order chi connectivity index (χ0) is 16.2. The first-order chi connectivity index (χ1) is 10.5. The van der Waals surface area contributed by atoms with Crippen LogP contribution in [0, 0.1) is 0 Å². The monoisotopic (exact) mass is 339 g/mol. The van der Waals surface area contributed by atoms with E-state index in [0.717, 1.165) is 0 Å². The predicted octanol–water partition coefficient (Wildman–Crippen LogP) is 3.69. The summed E-state index contributed by atoms with van der Waals surface area (Å²) in [5, 5.41) is 0.404. The molecule has 0 aliphatic carbocycles. The zero-order valence-corrected chi connectivity index (χ0v) is 13.3.